The standard InChI is InChI=1S/C24H22N4O2/c1-14-23(15(2)28(4)27-14)22-13-20(19-7-5-6-8-21(19)26-22)24(30)25-18-11-9-17(10-12-18)16(3)29/h5-13H,1-4H3,(H,25,30). The van der Waals surface area contributed by atoms with Gasteiger partial charge in [-0.15, -0.1) is 0 Å². The molecular weight excluding hydrogens is 376 g/mol. The smallest absolute Gasteiger partial charge is 0.256 e. The van der Waals surface area contributed by atoms with Gasteiger partial charge in [0.1, 0.15) is 0 Å². The molecule has 2 heterocycles. The van der Waals surface area contributed by atoms with Crippen molar-refractivity contribution in [2.45, 2.75) is 20.8 Å². The number of amides is 1. The summed E-state index contributed by atoms with van der Waals surface area (Å²) in [6.45, 7) is 5.44. The lowest BCUT2D eigenvalue weighted by molar-refractivity contribution is 0.101. The topological polar surface area (TPSA) is 76.9 Å². The number of aryl methyl sites for hydroxylation is 2. The number of hydrogen-bond acceptors (Lipinski definition) is 4. The van der Waals surface area contributed by atoms with Gasteiger partial charge in [-0.3, -0.25) is 14.3 Å². The molecule has 0 aliphatic heterocycles. The quantitative estimate of drug-likeness (QED) is 0.505. The zero-order valence-corrected chi connectivity index (χ0v) is 17.4. The maximum Gasteiger partial charge on any atom is 0.256 e. The van der Waals surface area contributed by atoms with Crippen LogP contribution in [0.25, 0.3) is 22.2 Å². The number of hydrogen-bond donors (Lipinski definition) is 1. The number of Topliss-reactive ketones (excluding diaryl/α,β-unsaturated/α-hetero) is 1. The van der Waals surface area contributed by atoms with E-state index in [9.17, 15) is 9.59 Å². The summed E-state index contributed by atoms with van der Waals surface area (Å²) in [6, 6.07) is 16.3. The van der Waals surface area contributed by atoms with Crippen LogP contribution in [0.2, 0.25) is 0 Å². The molecule has 0 unspecified atom stereocenters. The number of fused-ring (bicyclic) bond motifs is 1. The lowest BCUT2D eigenvalue weighted by atomic mass is 10.0. The third-order valence-corrected chi connectivity index (χ3v) is 5.28. The van der Waals surface area contributed by atoms with Crippen molar-refractivity contribution in [3.8, 4) is 11.3 Å². The second-order valence-electron chi connectivity index (χ2n) is 7.33. The van der Waals surface area contributed by atoms with Gasteiger partial charge in [-0.25, -0.2) is 4.98 Å². The molecule has 0 bridgehead atoms. The molecule has 4 rings (SSSR count). The number of rotatable bonds is 4. The third kappa shape index (κ3) is 3.48. The Hall–Kier alpha value is -3.80. The second kappa shape index (κ2) is 7.55. The molecule has 0 saturated carbocycles. The molecule has 2 aromatic heterocycles. The van der Waals surface area contributed by atoms with Crippen LogP contribution in [0.1, 0.15) is 39.0 Å². The molecule has 1 N–H and O–H groups in total. The van der Waals surface area contributed by atoms with Crippen molar-refractivity contribution < 1.29 is 9.59 Å². The van der Waals surface area contributed by atoms with Crippen molar-refractivity contribution in [2.75, 3.05) is 5.32 Å². The molecule has 150 valence electrons. The van der Waals surface area contributed by atoms with E-state index in [1.54, 1.807) is 24.3 Å². The Balaban J connectivity index is 1.79. The first-order chi connectivity index (χ1) is 14.3. The Morgan fingerprint density at radius 3 is 2.33 bits per heavy atom. The van der Waals surface area contributed by atoms with E-state index < -0.39 is 0 Å². The molecule has 4 aromatic rings. The number of carbonyl (C=O) groups is 2. The van der Waals surface area contributed by atoms with Gasteiger partial charge in [0.05, 0.1) is 22.5 Å². The normalized spacial score (nSPS) is 10.9. The summed E-state index contributed by atoms with van der Waals surface area (Å²) in [5, 5.41) is 8.19. The van der Waals surface area contributed by atoms with E-state index in [0.29, 0.717) is 22.5 Å². The summed E-state index contributed by atoms with van der Waals surface area (Å²) in [6.07, 6.45) is 0. The van der Waals surface area contributed by atoms with Crippen molar-refractivity contribution in [1.82, 2.24) is 14.8 Å². The summed E-state index contributed by atoms with van der Waals surface area (Å²) >= 11 is 0. The molecule has 30 heavy (non-hydrogen) atoms. The van der Waals surface area contributed by atoms with Crippen molar-refractivity contribution in [3.05, 3.63) is 77.1 Å². The van der Waals surface area contributed by atoms with Gasteiger partial charge >= 0.3 is 0 Å². The summed E-state index contributed by atoms with van der Waals surface area (Å²) in [5.74, 6) is -0.246. The van der Waals surface area contributed by atoms with Crippen LogP contribution in [-0.4, -0.2) is 26.5 Å². The van der Waals surface area contributed by atoms with Crippen LogP contribution < -0.4 is 5.32 Å². The fourth-order valence-electron chi connectivity index (χ4n) is 3.62. The van der Waals surface area contributed by atoms with Crippen molar-refractivity contribution in [3.63, 3.8) is 0 Å². The summed E-state index contributed by atoms with van der Waals surface area (Å²) < 4.78 is 1.82. The SMILES string of the molecule is CC(=O)c1ccc(NC(=O)c2cc(-c3c(C)nn(C)c3C)nc3ccccc23)cc1. The van der Waals surface area contributed by atoms with Gasteiger partial charge < -0.3 is 5.32 Å². The summed E-state index contributed by atoms with van der Waals surface area (Å²) in [7, 11) is 1.89. The van der Waals surface area contributed by atoms with Gasteiger partial charge in [0.15, 0.2) is 5.78 Å². The predicted octanol–water partition coefficient (Wildman–Crippen LogP) is 4.71. The number of ketones is 1. The molecule has 0 saturated heterocycles. The Labute approximate surface area is 174 Å². The predicted molar refractivity (Wildman–Crippen MR) is 118 cm³/mol. The Kier molecular flexibility index (Phi) is 4.91. The van der Waals surface area contributed by atoms with E-state index in [4.69, 9.17) is 4.98 Å². The molecule has 0 atom stereocenters. The first kappa shape index (κ1) is 19.5. The molecule has 0 aliphatic carbocycles. The lowest BCUT2D eigenvalue weighted by Crippen LogP contribution is -2.13. The van der Waals surface area contributed by atoms with E-state index in [0.717, 1.165) is 27.9 Å². The highest BCUT2D eigenvalue weighted by Crippen LogP contribution is 2.29. The van der Waals surface area contributed by atoms with Crippen molar-refractivity contribution in [2.24, 2.45) is 7.05 Å². The van der Waals surface area contributed by atoms with E-state index in [-0.39, 0.29) is 11.7 Å². The zero-order valence-electron chi connectivity index (χ0n) is 17.4. The van der Waals surface area contributed by atoms with Gasteiger partial charge in [0.25, 0.3) is 5.91 Å². The Morgan fingerprint density at radius 1 is 1.00 bits per heavy atom. The molecule has 0 aliphatic rings. The third-order valence-electron chi connectivity index (χ3n) is 5.28. The minimum Gasteiger partial charge on any atom is -0.322 e. The van der Waals surface area contributed by atoms with E-state index in [1.165, 1.54) is 6.92 Å². The van der Waals surface area contributed by atoms with Crippen LogP contribution in [0.3, 0.4) is 0 Å². The number of nitrogens with zero attached hydrogens (tertiary/aromatic N) is 3. The van der Waals surface area contributed by atoms with E-state index in [1.807, 2.05) is 55.9 Å². The molecule has 6 nitrogen and oxygen atoms in total. The van der Waals surface area contributed by atoms with Crippen molar-refractivity contribution >= 4 is 28.3 Å². The zero-order chi connectivity index (χ0) is 21.4. The molecule has 2 aromatic carbocycles. The first-order valence-electron chi connectivity index (χ1n) is 9.68. The maximum atomic E-state index is 13.2. The number of para-hydroxylation sites is 1. The molecular formula is C24H22N4O2. The van der Waals surface area contributed by atoms with Crippen LogP contribution in [0.15, 0.2) is 54.6 Å². The molecule has 6 heteroatoms. The average molecular weight is 398 g/mol. The number of carbonyl (C=O) groups excluding carboxylic acids is 2. The van der Waals surface area contributed by atoms with Gasteiger partial charge in [-0.1, -0.05) is 18.2 Å². The Morgan fingerprint density at radius 2 is 1.70 bits per heavy atom. The minimum atomic E-state index is -0.232. The van der Waals surface area contributed by atoms with Gasteiger partial charge in [-0.2, -0.15) is 5.10 Å². The second-order valence-corrected chi connectivity index (χ2v) is 7.33. The molecule has 0 radical (unpaired) electrons. The fraction of sp³-hybridized carbons (Fsp3) is 0.167. The average Bonchev–Trinajstić information content (AvgIpc) is 2.99. The highest BCUT2D eigenvalue weighted by molar-refractivity contribution is 6.13. The molecule has 0 fully saturated rings. The number of anilines is 1. The highest BCUT2D eigenvalue weighted by atomic mass is 16.1. The van der Waals surface area contributed by atoms with Gasteiger partial charge in [0, 0.05) is 34.9 Å². The van der Waals surface area contributed by atoms with Crippen LogP contribution in [0.5, 0.6) is 0 Å². The number of benzene rings is 2. The molecule has 0 spiro atoms. The first-order valence-corrected chi connectivity index (χ1v) is 9.68. The number of aromatic nitrogens is 3. The van der Waals surface area contributed by atoms with Crippen LogP contribution in [0, 0.1) is 13.8 Å². The van der Waals surface area contributed by atoms with Crippen LogP contribution in [0.4, 0.5) is 5.69 Å². The highest BCUT2D eigenvalue weighted by Gasteiger charge is 2.18. The minimum absolute atomic E-state index is 0.0140. The van der Waals surface area contributed by atoms with E-state index >= 15 is 0 Å². The number of pyridine rings is 1. The van der Waals surface area contributed by atoms with Crippen LogP contribution >= 0.6 is 0 Å². The van der Waals surface area contributed by atoms with E-state index in [2.05, 4.69) is 10.4 Å². The molecule has 1 amide bonds. The van der Waals surface area contributed by atoms with Crippen LogP contribution in [-0.2, 0) is 7.05 Å². The monoisotopic (exact) mass is 398 g/mol. The summed E-state index contributed by atoms with van der Waals surface area (Å²) in [4.78, 5) is 29.4. The summed E-state index contributed by atoms with van der Waals surface area (Å²) in [5.41, 5.74) is 6.01. The van der Waals surface area contributed by atoms with Gasteiger partial charge in [0.2, 0.25) is 0 Å². The van der Waals surface area contributed by atoms with Gasteiger partial charge in [-0.05, 0) is 57.2 Å². The largest absolute Gasteiger partial charge is 0.322 e. The Bertz CT molecular complexity index is 1290. The maximum absolute atomic E-state index is 13.2. The fourth-order valence-corrected chi connectivity index (χ4v) is 3.62. The van der Waals surface area contributed by atoms with Crippen molar-refractivity contribution in [1.29, 1.82) is 0 Å². The number of nitrogens with one attached hydrogen (secondary N) is 1. The lowest BCUT2D eigenvalue weighted by Gasteiger charge is -2.11.